The monoisotopic (exact) mass is 461 g/mol. The van der Waals surface area contributed by atoms with E-state index < -0.39 is 0 Å². The van der Waals surface area contributed by atoms with Crippen LogP contribution in [0.25, 0.3) is 22.4 Å². The molecule has 1 aromatic carbocycles. The van der Waals surface area contributed by atoms with Crippen molar-refractivity contribution in [3.8, 4) is 28.1 Å². The van der Waals surface area contributed by atoms with Crippen molar-refractivity contribution < 1.29 is 13.8 Å². The van der Waals surface area contributed by atoms with Gasteiger partial charge >= 0.3 is 0 Å². The van der Waals surface area contributed by atoms with Gasteiger partial charge in [-0.15, -0.1) is 0 Å². The van der Waals surface area contributed by atoms with Gasteiger partial charge in [0.15, 0.2) is 0 Å². The predicted molar refractivity (Wildman–Crippen MR) is 135 cm³/mol. The highest BCUT2D eigenvalue weighted by Gasteiger charge is 2.15. The molecule has 0 amide bonds. The molecule has 6 nitrogen and oxygen atoms in total. The van der Waals surface area contributed by atoms with Gasteiger partial charge in [-0.1, -0.05) is 56.2 Å². The molecule has 180 valence electrons. The number of methoxy groups -OCH3 is 1. The van der Waals surface area contributed by atoms with Crippen LogP contribution in [0.1, 0.15) is 73.6 Å². The quantitative estimate of drug-likeness (QED) is 0.305. The summed E-state index contributed by atoms with van der Waals surface area (Å²) in [4.78, 5) is 4.46. The largest absolute Gasteiger partial charge is 0.496 e. The number of hydrogen-bond donors (Lipinski definition) is 0. The van der Waals surface area contributed by atoms with Gasteiger partial charge in [-0.25, -0.2) is 0 Å². The lowest BCUT2D eigenvalue weighted by Crippen LogP contribution is -1.95. The van der Waals surface area contributed by atoms with Crippen molar-refractivity contribution in [2.75, 3.05) is 7.11 Å². The first-order valence-electron chi connectivity index (χ1n) is 11.6. The highest BCUT2D eigenvalue weighted by Crippen LogP contribution is 2.34. The number of ether oxygens (including phenoxy) is 1. The fraction of sp³-hybridized carbons (Fsp3) is 0.393. The summed E-state index contributed by atoms with van der Waals surface area (Å²) in [5, 5.41) is 7.92. The van der Waals surface area contributed by atoms with Gasteiger partial charge < -0.3 is 13.8 Å². The lowest BCUT2D eigenvalue weighted by atomic mass is 9.97. The van der Waals surface area contributed by atoms with Gasteiger partial charge in [0.05, 0.1) is 29.8 Å². The van der Waals surface area contributed by atoms with Crippen molar-refractivity contribution in [1.29, 1.82) is 0 Å². The van der Waals surface area contributed by atoms with Crippen molar-refractivity contribution in [3.05, 3.63) is 70.6 Å². The van der Waals surface area contributed by atoms with E-state index in [2.05, 4.69) is 67.3 Å². The normalized spacial score (nSPS) is 11.0. The number of benzene rings is 1. The molecule has 0 fully saturated rings. The fourth-order valence-corrected chi connectivity index (χ4v) is 3.98. The highest BCUT2D eigenvalue weighted by molar-refractivity contribution is 5.70. The molecule has 4 rings (SSSR count). The van der Waals surface area contributed by atoms with Crippen molar-refractivity contribution in [2.45, 2.75) is 67.2 Å². The fourth-order valence-electron chi connectivity index (χ4n) is 3.98. The average molecular weight is 462 g/mol. The standard InChI is InChI=1S/C15H19NO2.C13H16N2O/c1-9(2)13-7-6-12(8-14(13)17-5)15-10(3)16-18-11(15)4;1-8(2)11-5-6-12(14-7-11)13-9(3)15-16-10(13)4/h6-9H,1-5H3;5-8H,1-4H3. The molecule has 0 saturated heterocycles. The van der Waals surface area contributed by atoms with Gasteiger partial charge in [-0.2, -0.15) is 0 Å². The Kier molecular flexibility index (Phi) is 7.92. The minimum Gasteiger partial charge on any atom is -0.496 e. The Morgan fingerprint density at radius 3 is 1.82 bits per heavy atom. The number of nitrogens with zero attached hydrogens (tertiary/aromatic N) is 3. The number of aryl methyl sites for hydroxylation is 4. The molecule has 0 aliphatic heterocycles. The van der Waals surface area contributed by atoms with E-state index in [0.29, 0.717) is 11.8 Å². The Morgan fingerprint density at radius 1 is 0.765 bits per heavy atom. The van der Waals surface area contributed by atoms with Crippen LogP contribution in [0.5, 0.6) is 5.75 Å². The van der Waals surface area contributed by atoms with Crippen LogP contribution >= 0.6 is 0 Å². The molecule has 0 aliphatic carbocycles. The molecule has 3 heterocycles. The van der Waals surface area contributed by atoms with Crippen LogP contribution in [0.15, 0.2) is 45.6 Å². The molecule has 3 aromatic heterocycles. The molecule has 0 N–H and O–H groups in total. The maximum absolute atomic E-state index is 5.47. The Labute approximate surface area is 202 Å². The van der Waals surface area contributed by atoms with Gasteiger partial charge in [0.25, 0.3) is 0 Å². The van der Waals surface area contributed by atoms with E-state index in [1.165, 1.54) is 11.1 Å². The maximum Gasteiger partial charge on any atom is 0.143 e. The van der Waals surface area contributed by atoms with E-state index in [4.69, 9.17) is 13.8 Å². The SMILES string of the molecule is COc1cc(-c2c(C)noc2C)ccc1C(C)C.Cc1noc(C)c1-c1ccc(C(C)C)cn1. The van der Waals surface area contributed by atoms with Crippen LogP contribution in [0.2, 0.25) is 0 Å². The first-order chi connectivity index (χ1) is 16.1. The van der Waals surface area contributed by atoms with Gasteiger partial charge in [0.1, 0.15) is 17.3 Å². The minimum absolute atomic E-state index is 0.443. The third-order valence-corrected chi connectivity index (χ3v) is 5.92. The van der Waals surface area contributed by atoms with Crippen molar-refractivity contribution >= 4 is 0 Å². The molecular formula is C28H35N3O3. The van der Waals surface area contributed by atoms with Crippen LogP contribution in [0.4, 0.5) is 0 Å². The van der Waals surface area contributed by atoms with Crippen molar-refractivity contribution in [2.24, 2.45) is 0 Å². The van der Waals surface area contributed by atoms with E-state index >= 15 is 0 Å². The third-order valence-electron chi connectivity index (χ3n) is 5.92. The first kappa shape index (κ1) is 25.2. The summed E-state index contributed by atoms with van der Waals surface area (Å²) in [6.45, 7) is 16.4. The number of pyridine rings is 1. The smallest absolute Gasteiger partial charge is 0.143 e. The molecule has 0 unspecified atom stereocenters. The molecule has 0 atom stereocenters. The Hall–Kier alpha value is -3.41. The molecule has 6 heteroatoms. The molecule has 34 heavy (non-hydrogen) atoms. The van der Waals surface area contributed by atoms with Crippen LogP contribution in [0.3, 0.4) is 0 Å². The van der Waals surface area contributed by atoms with E-state index in [9.17, 15) is 0 Å². The average Bonchev–Trinajstić information content (AvgIpc) is 3.33. The minimum atomic E-state index is 0.443. The van der Waals surface area contributed by atoms with Crippen molar-refractivity contribution in [3.63, 3.8) is 0 Å². The number of aromatic nitrogens is 3. The summed E-state index contributed by atoms with van der Waals surface area (Å²) in [6.07, 6.45) is 1.92. The van der Waals surface area contributed by atoms with Crippen LogP contribution in [0, 0.1) is 27.7 Å². The Balaban J connectivity index is 0.000000192. The summed E-state index contributed by atoms with van der Waals surface area (Å²) < 4.78 is 15.8. The van der Waals surface area contributed by atoms with Gasteiger partial charge in [-0.05, 0) is 68.4 Å². The first-order valence-corrected chi connectivity index (χ1v) is 11.6. The zero-order valence-corrected chi connectivity index (χ0v) is 21.7. The second kappa shape index (κ2) is 10.7. The topological polar surface area (TPSA) is 74.2 Å². The van der Waals surface area contributed by atoms with Crippen LogP contribution < -0.4 is 4.74 Å². The highest BCUT2D eigenvalue weighted by atomic mass is 16.5. The number of hydrogen-bond acceptors (Lipinski definition) is 6. The Morgan fingerprint density at radius 2 is 1.38 bits per heavy atom. The zero-order chi connectivity index (χ0) is 25.0. The summed E-state index contributed by atoms with van der Waals surface area (Å²) in [5.74, 6) is 3.53. The van der Waals surface area contributed by atoms with E-state index in [1.807, 2.05) is 40.0 Å². The third kappa shape index (κ3) is 5.38. The molecule has 4 aromatic rings. The molecular weight excluding hydrogens is 426 g/mol. The number of rotatable bonds is 5. The van der Waals surface area contributed by atoms with Gasteiger partial charge in [0.2, 0.25) is 0 Å². The second-order valence-corrected chi connectivity index (χ2v) is 9.14. The summed E-state index contributed by atoms with van der Waals surface area (Å²) in [6, 6.07) is 10.4. The summed E-state index contributed by atoms with van der Waals surface area (Å²) in [7, 11) is 1.71. The Bertz CT molecular complexity index is 1200. The molecule has 0 bridgehead atoms. The van der Waals surface area contributed by atoms with Gasteiger partial charge in [0, 0.05) is 11.8 Å². The van der Waals surface area contributed by atoms with Crippen LogP contribution in [-0.4, -0.2) is 22.4 Å². The molecule has 0 spiro atoms. The summed E-state index contributed by atoms with van der Waals surface area (Å²) >= 11 is 0. The van der Waals surface area contributed by atoms with E-state index in [0.717, 1.165) is 51.0 Å². The lowest BCUT2D eigenvalue weighted by molar-refractivity contribution is 0.393. The van der Waals surface area contributed by atoms with E-state index in [1.54, 1.807) is 7.11 Å². The van der Waals surface area contributed by atoms with Crippen LogP contribution in [-0.2, 0) is 0 Å². The second-order valence-electron chi connectivity index (χ2n) is 9.14. The molecule has 0 radical (unpaired) electrons. The lowest BCUT2D eigenvalue weighted by Gasteiger charge is -2.13. The van der Waals surface area contributed by atoms with E-state index in [-0.39, 0.29) is 0 Å². The van der Waals surface area contributed by atoms with Crippen molar-refractivity contribution in [1.82, 2.24) is 15.3 Å². The predicted octanol–water partition coefficient (Wildman–Crippen LogP) is 7.57. The zero-order valence-electron chi connectivity index (χ0n) is 21.7. The molecule has 0 saturated carbocycles. The summed E-state index contributed by atoms with van der Waals surface area (Å²) in [5.41, 5.74) is 8.35. The maximum atomic E-state index is 5.47. The molecule has 0 aliphatic rings. The van der Waals surface area contributed by atoms with Gasteiger partial charge in [-0.3, -0.25) is 4.98 Å².